The van der Waals surface area contributed by atoms with E-state index in [0.717, 1.165) is 44.5 Å². The number of fused-ring (bicyclic) bond motifs is 9. The molecule has 17 aromatic carbocycles. The molecule has 9 heteroatoms. The van der Waals surface area contributed by atoms with Crippen LogP contribution in [0.4, 0.5) is 0 Å². The van der Waals surface area contributed by atoms with Crippen LogP contribution in [-0.2, 0) is 16.2 Å². The molecule has 0 amide bonds. The van der Waals surface area contributed by atoms with Crippen molar-refractivity contribution in [3.8, 4) is 124 Å². The Morgan fingerprint density at radius 1 is 0.138 bits per heavy atom. The Kier molecular flexibility index (Phi) is 19.5. The lowest BCUT2D eigenvalue weighted by molar-refractivity contribution is 0.768. The van der Waals surface area contributed by atoms with Crippen molar-refractivity contribution in [1.29, 1.82) is 0 Å². The molecule has 0 fully saturated rings. The van der Waals surface area contributed by atoms with E-state index in [1.165, 1.54) is 111 Å². The predicted molar refractivity (Wildman–Crippen MR) is 495 cm³/mol. The van der Waals surface area contributed by atoms with E-state index in [2.05, 4.69) is 407 Å². The van der Waals surface area contributed by atoms with Gasteiger partial charge in [0.05, 0.1) is 16.2 Å². The Morgan fingerprint density at radius 2 is 0.350 bits per heavy atom. The highest BCUT2D eigenvalue weighted by Crippen LogP contribution is 2.62. The molecule has 0 bridgehead atoms. The van der Waals surface area contributed by atoms with Gasteiger partial charge in [-0.15, -0.1) is 0 Å². The van der Waals surface area contributed by atoms with Crippen molar-refractivity contribution < 1.29 is 0 Å². The van der Waals surface area contributed by atoms with Crippen LogP contribution in [0, 0.1) is 0 Å². The smallest absolute Gasteiger partial charge is 0.164 e. The largest absolute Gasteiger partial charge is 0.217 e. The van der Waals surface area contributed by atoms with E-state index < -0.39 is 16.2 Å². The Hall–Kier alpha value is -16.2. The van der Waals surface area contributed by atoms with Crippen molar-refractivity contribution in [2.75, 3.05) is 0 Å². The van der Waals surface area contributed by atoms with Crippen molar-refractivity contribution in [3.63, 3.8) is 0 Å². The zero-order valence-electron chi connectivity index (χ0n) is 67.0. The predicted octanol–water partition coefficient (Wildman–Crippen LogP) is 26.0. The molecule has 0 saturated heterocycles. The maximum atomic E-state index is 5.04. The highest BCUT2D eigenvalue weighted by molar-refractivity contribution is 5.98. The van der Waals surface area contributed by atoms with Crippen molar-refractivity contribution in [1.82, 2.24) is 44.9 Å². The normalized spacial score (nSPS) is 12.9. The second kappa shape index (κ2) is 32.2. The SMILES string of the molecule is c1ccc(-c2ccc(-c3ncnc(-c4cccc5c4-c4ccccc4C5(c4ccccc4)c4ccccc4)n3)cc2)cc1.c1ccc(-c2ncnc(-c3cccc(-c4cccc5c4-c4ccccc4C5(c4ccccc4)c4ccccc4)c3)n2)cc1.c1ccc(-c2ncnc(-c3cccc4c3-c3ccccc3C4(c3ccccc3)c3ccccc3)n2)cc1. The number of hydrogen-bond acceptors (Lipinski definition) is 9. The van der Waals surface area contributed by atoms with Gasteiger partial charge in [0.2, 0.25) is 0 Å². The van der Waals surface area contributed by atoms with Gasteiger partial charge in [-0.05, 0) is 128 Å². The van der Waals surface area contributed by atoms with Crippen molar-refractivity contribution in [2.45, 2.75) is 16.2 Å². The summed E-state index contributed by atoms with van der Waals surface area (Å²) in [5.74, 6) is 4.00. The van der Waals surface area contributed by atoms with Gasteiger partial charge in [0.1, 0.15) is 19.0 Å². The summed E-state index contributed by atoms with van der Waals surface area (Å²) in [6.45, 7) is 0. The minimum absolute atomic E-state index is 0.430. The van der Waals surface area contributed by atoms with Gasteiger partial charge in [0, 0.05) is 33.4 Å². The van der Waals surface area contributed by atoms with Crippen LogP contribution in [0.3, 0.4) is 0 Å². The summed E-state index contributed by atoms with van der Waals surface area (Å²) < 4.78 is 0. The van der Waals surface area contributed by atoms with Crippen molar-refractivity contribution in [2.24, 2.45) is 0 Å². The van der Waals surface area contributed by atoms with Gasteiger partial charge in [0.25, 0.3) is 0 Å². The van der Waals surface area contributed by atoms with Crippen LogP contribution in [0.2, 0.25) is 0 Å². The van der Waals surface area contributed by atoms with Gasteiger partial charge in [-0.1, -0.05) is 443 Å². The molecule has 3 aliphatic rings. The average molecular weight is 1570 g/mol. The Morgan fingerprint density at radius 3 is 0.699 bits per heavy atom. The number of nitrogens with zero attached hydrogens (tertiary/aromatic N) is 9. The molecule has 23 rings (SSSR count). The molecular weight excluding hydrogens is 1500 g/mol. The first-order valence-electron chi connectivity index (χ1n) is 41.5. The standard InChI is InChI=1S/2C40H27N3.C34H23N3/c1-4-14-28(15-5-1)38-41-27-42-39(43-38)30-17-12-16-29(26-30)33-23-13-25-36-37(33)34-22-10-11-24-35(34)40(36,31-18-6-2-7-19-31)32-20-8-3-9-21-32;1-4-13-28(14-5-1)29-23-25-30(26-24-29)38-41-27-42-39(43-38)34-20-12-22-36-37(34)33-19-10-11-21-35(33)40(36,31-15-6-2-7-16-31)32-17-8-3-9-18-32;1-4-13-24(14-5-1)32-35-23-36-33(37-32)28-20-12-22-30-31(28)27-19-10-11-21-29(27)34(30,25-15-6-2-7-16-25)26-17-8-3-9-18-26/h2*1-27H;1-23H. The third-order valence-electron chi connectivity index (χ3n) is 24.4. The van der Waals surface area contributed by atoms with Gasteiger partial charge in [-0.3, -0.25) is 0 Å². The summed E-state index contributed by atoms with van der Waals surface area (Å²) in [5, 5.41) is 0. The van der Waals surface area contributed by atoms with E-state index in [1.807, 2.05) is 66.7 Å². The number of hydrogen-bond donors (Lipinski definition) is 0. The van der Waals surface area contributed by atoms with E-state index in [9.17, 15) is 0 Å². The van der Waals surface area contributed by atoms with Gasteiger partial charge in [-0.25, -0.2) is 44.9 Å². The molecular formula is C114H77N9. The lowest BCUT2D eigenvalue weighted by Crippen LogP contribution is -2.28. The molecule has 0 aliphatic heterocycles. The second-order valence-electron chi connectivity index (χ2n) is 30.9. The highest BCUT2D eigenvalue weighted by atomic mass is 15.0. The minimum atomic E-state index is -0.465. The molecule has 0 saturated carbocycles. The van der Waals surface area contributed by atoms with Gasteiger partial charge in [-0.2, -0.15) is 0 Å². The topological polar surface area (TPSA) is 116 Å². The third-order valence-corrected chi connectivity index (χ3v) is 24.4. The Bertz CT molecular complexity index is 7090. The van der Waals surface area contributed by atoms with Crippen LogP contribution in [0.5, 0.6) is 0 Å². The van der Waals surface area contributed by atoms with Crippen LogP contribution >= 0.6 is 0 Å². The minimum Gasteiger partial charge on any atom is -0.217 e. The molecule has 0 unspecified atom stereocenters. The fourth-order valence-electron chi connectivity index (χ4n) is 19.2. The summed E-state index contributed by atoms with van der Waals surface area (Å²) in [7, 11) is 0. The number of rotatable bonds is 14. The summed E-state index contributed by atoms with van der Waals surface area (Å²) in [6, 6.07) is 159. The van der Waals surface area contributed by atoms with Crippen LogP contribution < -0.4 is 0 Å². The first kappa shape index (κ1) is 74.3. The summed E-state index contributed by atoms with van der Waals surface area (Å²) in [5.41, 5.74) is 31.6. The van der Waals surface area contributed by atoms with Crippen LogP contribution in [-0.4, -0.2) is 44.9 Å². The maximum Gasteiger partial charge on any atom is 0.164 e. The molecule has 9 nitrogen and oxygen atoms in total. The molecule has 3 aliphatic carbocycles. The van der Waals surface area contributed by atoms with Crippen LogP contribution in [0.25, 0.3) is 124 Å². The first-order valence-corrected chi connectivity index (χ1v) is 41.5. The van der Waals surface area contributed by atoms with Gasteiger partial charge >= 0.3 is 0 Å². The van der Waals surface area contributed by atoms with E-state index in [1.54, 1.807) is 19.0 Å². The zero-order chi connectivity index (χ0) is 81.9. The van der Waals surface area contributed by atoms with E-state index >= 15 is 0 Å². The van der Waals surface area contributed by atoms with Gasteiger partial charge < -0.3 is 0 Å². The van der Waals surface area contributed by atoms with E-state index in [4.69, 9.17) is 19.9 Å². The number of benzene rings is 17. The molecule has 0 atom stereocenters. The van der Waals surface area contributed by atoms with Crippen molar-refractivity contribution in [3.05, 3.63) is 535 Å². The molecule has 3 heterocycles. The Labute approximate surface area is 715 Å². The summed E-state index contributed by atoms with van der Waals surface area (Å²) in [6.07, 6.45) is 4.85. The maximum absolute atomic E-state index is 5.04. The lowest BCUT2D eigenvalue weighted by atomic mass is 9.67. The quantitative estimate of drug-likeness (QED) is 0.105. The molecule has 0 N–H and O–H groups in total. The third kappa shape index (κ3) is 12.9. The van der Waals surface area contributed by atoms with E-state index in [-0.39, 0.29) is 0 Å². The fraction of sp³-hybridized carbons (Fsp3) is 0.0263. The zero-order valence-corrected chi connectivity index (χ0v) is 67.0. The molecule has 0 radical (unpaired) electrons. The average Bonchev–Trinajstić information content (AvgIpc) is 1.55. The molecule has 578 valence electrons. The monoisotopic (exact) mass is 1570 g/mol. The molecule has 123 heavy (non-hydrogen) atoms. The highest BCUT2D eigenvalue weighted by Gasteiger charge is 2.50. The van der Waals surface area contributed by atoms with Gasteiger partial charge in [0.15, 0.2) is 34.9 Å². The van der Waals surface area contributed by atoms with Crippen molar-refractivity contribution >= 4 is 0 Å². The molecule has 3 aromatic heterocycles. The number of aromatic nitrogens is 9. The second-order valence-corrected chi connectivity index (χ2v) is 30.9. The van der Waals surface area contributed by atoms with E-state index in [0.29, 0.717) is 34.9 Å². The molecule has 0 spiro atoms. The lowest BCUT2D eigenvalue weighted by Gasteiger charge is -2.34. The summed E-state index contributed by atoms with van der Waals surface area (Å²) >= 11 is 0. The first-order chi connectivity index (χ1) is 61.0. The summed E-state index contributed by atoms with van der Waals surface area (Å²) in [4.78, 5) is 42.2. The van der Waals surface area contributed by atoms with Crippen LogP contribution in [0.15, 0.2) is 468 Å². The Balaban J connectivity index is 0.000000114. The molecule has 20 aromatic rings. The van der Waals surface area contributed by atoms with Crippen LogP contribution in [0.1, 0.15) is 66.8 Å². The fourth-order valence-corrected chi connectivity index (χ4v) is 19.2.